The van der Waals surface area contributed by atoms with Crippen LogP contribution in [0.4, 0.5) is 0 Å². The number of carbonyl (C=O) groups is 5. The van der Waals surface area contributed by atoms with E-state index >= 15 is 0 Å². The minimum atomic E-state index is -1.32. The maximum atomic E-state index is 10.7. The van der Waals surface area contributed by atoms with Crippen molar-refractivity contribution in [3.8, 4) is 86.2 Å². The summed E-state index contributed by atoms with van der Waals surface area (Å²) >= 11 is 0. The van der Waals surface area contributed by atoms with Crippen LogP contribution in [0, 0.1) is 35.6 Å². The van der Waals surface area contributed by atoms with Crippen molar-refractivity contribution >= 4 is 75.3 Å². The van der Waals surface area contributed by atoms with E-state index in [-0.39, 0.29) is 109 Å². The Hall–Kier alpha value is -6.87. The molecule has 0 aliphatic rings. The first-order chi connectivity index (χ1) is 27.6. The fourth-order valence-corrected chi connectivity index (χ4v) is 3.61. The molecule has 0 unspecified atom stereocenters. The second-order valence-electron chi connectivity index (χ2n) is 10.7. The van der Waals surface area contributed by atoms with Crippen LogP contribution in [0.2, 0.25) is 0 Å². The van der Waals surface area contributed by atoms with E-state index in [1.54, 1.807) is 0 Å². The molecular formula is C35H25LaO25Sr. The molecule has 0 aliphatic heterocycles. The summed E-state index contributed by atoms with van der Waals surface area (Å²) in [5.41, 5.74) is -1.65. The van der Waals surface area contributed by atoms with Crippen LogP contribution in [0.3, 0.4) is 0 Å². The monoisotopic (exact) mass is 1070 g/mol. The van der Waals surface area contributed by atoms with Crippen molar-refractivity contribution < 1.29 is 162 Å². The second kappa shape index (κ2) is 25.0. The predicted molar refractivity (Wildman–Crippen MR) is 187 cm³/mol. The third kappa shape index (κ3) is 16.6. The zero-order valence-corrected chi connectivity index (χ0v) is 37.5. The molecule has 62 heavy (non-hydrogen) atoms. The number of phenols is 10. The molecule has 0 atom stereocenters. The molecule has 0 fully saturated rings. The predicted octanol–water partition coefficient (Wildman–Crippen LogP) is -1.03. The molecule has 0 heterocycles. The first-order valence-corrected chi connectivity index (χ1v) is 14.9. The summed E-state index contributed by atoms with van der Waals surface area (Å²) in [7, 11) is 0. The summed E-state index contributed by atoms with van der Waals surface area (Å²) in [6, 6.07) is 7.82. The van der Waals surface area contributed by atoms with Gasteiger partial charge >= 0.3 is 111 Å². The molecule has 0 amide bonds. The van der Waals surface area contributed by atoms with Crippen molar-refractivity contribution in [2.45, 2.75) is 0 Å². The van der Waals surface area contributed by atoms with E-state index < -0.39 is 116 Å². The molecule has 5 aromatic rings. The van der Waals surface area contributed by atoms with Crippen LogP contribution >= 0.6 is 0 Å². The van der Waals surface area contributed by atoms with Gasteiger partial charge in [-0.1, -0.05) is 0 Å². The third-order valence-electron chi connectivity index (χ3n) is 6.48. The molecule has 0 saturated carbocycles. The second-order valence-corrected chi connectivity index (χ2v) is 10.7. The Morgan fingerprint density at radius 3 is 0.419 bits per heavy atom. The summed E-state index contributed by atoms with van der Waals surface area (Å²) in [6.45, 7) is 0. The van der Waals surface area contributed by atoms with Crippen LogP contribution in [0.25, 0.3) is 0 Å². The number of rotatable bonds is 5. The van der Waals surface area contributed by atoms with Crippen molar-refractivity contribution in [2.24, 2.45) is 0 Å². The van der Waals surface area contributed by atoms with Crippen LogP contribution in [0.5, 0.6) is 86.2 Å². The van der Waals surface area contributed by atoms with Gasteiger partial charge in [0.15, 0.2) is 0 Å². The Bertz CT molecular complexity index is 1940. The van der Waals surface area contributed by atoms with Gasteiger partial charge in [-0.15, -0.1) is 0 Å². The van der Waals surface area contributed by atoms with Crippen molar-refractivity contribution in [3.05, 3.63) is 88.5 Å². The Morgan fingerprint density at radius 1 is 0.274 bits per heavy atom. The van der Waals surface area contributed by atoms with E-state index in [1.807, 2.05) is 0 Å². The summed E-state index contributed by atoms with van der Waals surface area (Å²) in [6.07, 6.45) is 0. The number of aromatic hydroxyl groups is 10. The SMILES string of the molecule is O=C(O)c1cc(O)c([O-])c(O)c1.O=C(O)c1cc(O)c([O-])c(O)c1.O=C(O)c1cc(O)c([O-])c(O)c1.O=C(O)c1cc(O)c([O-])c(O)c1.O=C(O)c1cc(O)c([O-])c(O)c1.[La+3].[Sr+2]. The molecule has 0 spiro atoms. The number of carboxylic acid groups (broad SMARTS) is 5. The summed E-state index contributed by atoms with van der Waals surface area (Å²) in [5.74, 6) is -19.2. The average molecular weight is 1070 g/mol. The van der Waals surface area contributed by atoms with E-state index in [0.29, 0.717) is 0 Å². The molecule has 320 valence electrons. The van der Waals surface area contributed by atoms with E-state index in [9.17, 15) is 49.5 Å². The van der Waals surface area contributed by atoms with Crippen molar-refractivity contribution in [1.29, 1.82) is 0 Å². The van der Waals surface area contributed by atoms with Crippen LogP contribution in [-0.4, -0.2) is 152 Å². The van der Waals surface area contributed by atoms with Crippen LogP contribution in [-0.2, 0) is 0 Å². The quantitative estimate of drug-likeness (QED) is 0.0936. The van der Waals surface area contributed by atoms with Crippen molar-refractivity contribution in [2.75, 3.05) is 0 Å². The van der Waals surface area contributed by atoms with Gasteiger partial charge in [-0.25, -0.2) is 24.0 Å². The minimum absolute atomic E-state index is 0. The standard InChI is InChI=1S/5C7H6O5.La.Sr/c5*8-4-1-3(7(11)12)2-5(9)6(4)10;;/h5*1-2,8-10H,(H,11,12);;/q;;;;;+3;+2/p-5. The zero-order valence-electron chi connectivity index (χ0n) is 30.3. The minimum Gasteiger partial charge on any atom is -0.867 e. The van der Waals surface area contributed by atoms with Gasteiger partial charge in [0, 0.05) is 0 Å². The van der Waals surface area contributed by atoms with E-state index in [1.165, 1.54) is 0 Å². The molecule has 0 saturated heterocycles. The van der Waals surface area contributed by atoms with E-state index in [2.05, 4.69) is 0 Å². The Kier molecular flexibility index (Phi) is 23.1. The molecule has 0 aliphatic carbocycles. The molecule has 5 rings (SSSR count). The van der Waals surface area contributed by atoms with E-state index in [4.69, 9.17) is 76.6 Å². The molecule has 0 bridgehead atoms. The Balaban J connectivity index is 0. The normalized spacial score (nSPS) is 9.35. The fraction of sp³-hybridized carbons (Fsp3) is 0. The Morgan fingerprint density at radius 2 is 0.355 bits per heavy atom. The molecule has 0 radical (unpaired) electrons. The van der Waals surface area contributed by atoms with Gasteiger partial charge in [-0.2, -0.15) is 0 Å². The number of carboxylic acids is 5. The first kappa shape index (κ1) is 57.2. The largest absolute Gasteiger partial charge is 3.00 e. The molecule has 5 aromatic carbocycles. The van der Waals surface area contributed by atoms with Crippen LogP contribution < -0.4 is 25.5 Å². The first-order valence-electron chi connectivity index (χ1n) is 14.9. The number of benzene rings is 5. The van der Waals surface area contributed by atoms with Gasteiger partial charge in [0.25, 0.3) is 0 Å². The summed E-state index contributed by atoms with van der Waals surface area (Å²) in [5, 5.41) is 183. The fourth-order valence-electron chi connectivity index (χ4n) is 3.61. The van der Waals surface area contributed by atoms with Gasteiger partial charge in [0.2, 0.25) is 0 Å². The molecule has 0 aromatic heterocycles. The molecule has 25 nitrogen and oxygen atoms in total. The van der Waals surface area contributed by atoms with E-state index in [0.717, 1.165) is 60.7 Å². The maximum absolute atomic E-state index is 10.7. The van der Waals surface area contributed by atoms with Gasteiger partial charge in [0.05, 0.1) is 27.8 Å². The summed E-state index contributed by atoms with van der Waals surface area (Å²) < 4.78 is 0. The zero-order chi connectivity index (χ0) is 46.5. The van der Waals surface area contributed by atoms with Gasteiger partial charge in [0.1, 0.15) is 57.5 Å². The molecule has 27 heteroatoms. The number of hydrogen-bond acceptors (Lipinski definition) is 20. The maximum Gasteiger partial charge on any atom is 3.00 e. The van der Waals surface area contributed by atoms with Gasteiger partial charge in [-0.3, -0.25) is 0 Å². The average Bonchev–Trinajstić information content (AvgIpc) is 3.15. The topological polar surface area (TPSA) is 504 Å². The van der Waals surface area contributed by atoms with Gasteiger partial charge in [-0.05, 0) is 89.4 Å². The third-order valence-corrected chi connectivity index (χ3v) is 6.48. The summed E-state index contributed by atoms with van der Waals surface area (Å²) in [4.78, 5) is 51.5. The number of phenolic OH excluding ortho intramolecular Hbond substituents is 10. The molecule has 15 N–H and O–H groups in total. The van der Waals surface area contributed by atoms with Crippen LogP contribution in [0.1, 0.15) is 51.8 Å². The Labute approximate surface area is 408 Å². The molecular weight excluding hydrogens is 1050 g/mol. The number of aromatic carboxylic acids is 5. The van der Waals surface area contributed by atoms with Gasteiger partial charge < -0.3 is 102 Å². The number of hydrogen-bond donors (Lipinski definition) is 15. The van der Waals surface area contributed by atoms with Crippen molar-refractivity contribution in [1.82, 2.24) is 0 Å². The smallest absolute Gasteiger partial charge is 0.867 e. The van der Waals surface area contributed by atoms with Crippen molar-refractivity contribution in [3.63, 3.8) is 0 Å². The van der Waals surface area contributed by atoms with Crippen LogP contribution in [0.15, 0.2) is 60.7 Å².